The van der Waals surface area contributed by atoms with E-state index in [1.165, 1.54) is 11.1 Å². The molecule has 15 heavy (non-hydrogen) atoms. The molecule has 2 rings (SSSR count). The Morgan fingerprint density at radius 2 is 2.33 bits per heavy atom. The molecule has 0 bridgehead atoms. The van der Waals surface area contributed by atoms with Gasteiger partial charge in [0.2, 0.25) is 0 Å². The third kappa shape index (κ3) is 2.43. The first-order valence-electron chi connectivity index (χ1n) is 4.95. The quantitative estimate of drug-likeness (QED) is 0.860. The van der Waals surface area contributed by atoms with Crippen molar-refractivity contribution in [3.05, 3.63) is 52.0 Å². The largest absolute Gasteiger partial charge is 0.324 e. The van der Waals surface area contributed by atoms with Gasteiger partial charge in [-0.15, -0.1) is 0 Å². The highest BCUT2D eigenvalue weighted by atomic mass is 32.1. The Morgan fingerprint density at radius 3 is 3.00 bits per heavy atom. The number of pyridine rings is 1. The Morgan fingerprint density at radius 1 is 1.47 bits per heavy atom. The molecular weight excluding hydrogens is 204 g/mol. The Bertz CT molecular complexity index is 423. The zero-order valence-electron chi connectivity index (χ0n) is 8.68. The molecule has 2 heterocycles. The fourth-order valence-electron chi connectivity index (χ4n) is 1.54. The van der Waals surface area contributed by atoms with Gasteiger partial charge in [-0.05, 0) is 40.9 Å². The monoisotopic (exact) mass is 218 g/mol. The van der Waals surface area contributed by atoms with Crippen LogP contribution in [0.4, 0.5) is 0 Å². The summed E-state index contributed by atoms with van der Waals surface area (Å²) in [6.07, 6.45) is 2.63. The van der Waals surface area contributed by atoms with Gasteiger partial charge < -0.3 is 5.73 Å². The molecule has 1 unspecified atom stereocenters. The average molecular weight is 218 g/mol. The van der Waals surface area contributed by atoms with E-state index < -0.39 is 0 Å². The maximum atomic E-state index is 6.11. The normalized spacial score (nSPS) is 12.7. The summed E-state index contributed by atoms with van der Waals surface area (Å²) in [6.45, 7) is 2.07. The molecule has 3 heteroatoms. The summed E-state index contributed by atoms with van der Waals surface area (Å²) in [5.41, 5.74) is 9.61. The van der Waals surface area contributed by atoms with Crippen LogP contribution in [0.2, 0.25) is 0 Å². The lowest BCUT2D eigenvalue weighted by molar-refractivity contribution is 0.705. The number of hydrogen-bond donors (Lipinski definition) is 1. The lowest BCUT2D eigenvalue weighted by Gasteiger charge is -2.10. The first kappa shape index (κ1) is 10.3. The Balaban J connectivity index is 2.13. The lowest BCUT2D eigenvalue weighted by Crippen LogP contribution is -2.13. The van der Waals surface area contributed by atoms with Crippen molar-refractivity contribution in [1.29, 1.82) is 0 Å². The molecule has 0 aliphatic rings. The minimum Gasteiger partial charge on any atom is -0.324 e. The topological polar surface area (TPSA) is 38.9 Å². The summed E-state index contributed by atoms with van der Waals surface area (Å²) >= 11 is 1.68. The first-order chi connectivity index (χ1) is 7.27. The van der Waals surface area contributed by atoms with Gasteiger partial charge in [-0.3, -0.25) is 4.98 Å². The molecule has 2 aromatic rings. The van der Waals surface area contributed by atoms with Crippen molar-refractivity contribution in [1.82, 2.24) is 4.98 Å². The van der Waals surface area contributed by atoms with E-state index in [0.717, 1.165) is 12.1 Å². The molecule has 0 saturated carbocycles. The smallest absolute Gasteiger partial charge is 0.0451 e. The SMILES string of the molecule is Cc1cccnc1CC(N)c1ccsc1. The highest BCUT2D eigenvalue weighted by Crippen LogP contribution is 2.18. The van der Waals surface area contributed by atoms with Crippen molar-refractivity contribution >= 4 is 11.3 Å². The van der Waals surface area contributed by atoms with Gasteiger partial charge in [-0.25, -0.2) is 0 Å². The molecule has 0 spiro atoms. The predicted molar refractivity (Wildman–Crippen MR) is 63.9 cm³/mol. The molecule has 2 N–H and O–H groups in total. The molecule has 2 nitrogen and oxygen atoms in total. The van der Waals surface area contributed by atoms with E-state index in [0.29, 0.717) is 0 Å². The van der Waals surface area contributed by atoms with Crippen LogP contribution in [0.5, 0.6) is 0 Å². The first-order valence-corrected chi connectivity index (χ1v) is 5.90. The second kappa shape index (κ2) is 4.55. The van der Waals surface area contributed by atoms with Gasteiger partial charge in [0, 0.05) is 24.4 Å². The molecule has 0 amide bonds. The van der Waals surface area contributed by atoms with Crippen LogP contribution >= 0.6 is 11.3 Å². The molecule has 2 aromatic heterocycles. The average Bonchev–Trinajstić information content (AvgIpc) is 2.74. The third-order valence-electron chi connectivity index (χ3n) is 2.50. The van der Waals surface area contributed by atoms with Crippen molar-refractivity contribution in [2.75, 3.05) is 0 Å². The van der Waals surface area contributed by atoms with E-state index in [-0.39, 0.29) is 6.04 Å². The summed E-state index contributed by atoms with van der Waals surface area (Å²) in [4.78, 5) is 4.35. The second-order valence-corrected chi connectivity index (χ2v) is 4.41. The highest BCUT2D eigenvalue weighted by Gasteiger charge is 2.09. The van der Waals surface area contributed by atoms with Crippen LogP contribution in [0.25, 0.3) is 0 Å². The minimum atomic E-state index is 0.0600. The summed E-state index contributed by atoms with van der Waals surface area (Å²) in [5, 5.41) is 4.16. The number of thiophene rings is 1. The Labute approximate surface area is 93.8 Å². The van der Waals surface area contributed by atoms with Crippen LogP contribution in [-0.4, -0.2) is 4.98 Å². The maximum Gasteiger partial charge on any atom is 0.0451 e. The van der Waals surface area contributed by atoms with Gasteiger partial charge in [-0.1, -0.05) is 6.07 Å². The van der Waals surface area contributed by atoms with Crippen molar-refractivity contribution in [2.45, 2.75) is 19.4 Å². The number of aryl methyl sites for hydroxylation is 1. The van der Waals surface area contributed by atoms with Crippen molar-refractivity contribution < 1.29 is 0 Å². The summed E-state index contributed by atoms with van der Waals surface area (Å²) in [6, 6.07) is 6.16. The molecular formula is C12H14N2S. The zero-order chi connectivity index (χ0) is 10.7. The molecule has 0 fully saturated rings. The Kier molecular flexibility index (Phi) is 3.14. The van der Waals surface area contributed by atoms with Crippen LogP contribution in [0.1, 0.15) is 22.9 Å². The van der Waals surface area contributed by atoms with E-state index in [1.807, 2.05) is 12.3 Å². The van der Waals surface area contributed by atoms with E-state index >= 15 is 0 Å². The van der Waals surface area contributed by atoms with Gasteiger partial charge in [0.25, 0.3) is 0 Å². The van der Waals surface area contributed by atoms with Crippen LogP contribution in [0.3, 0.4) is 0 Å². The highest BCUT2D eigenvalue weighted by molar-refractivity contribution is 7.07. The molecule has 0 aliphatic heterocycles. The van der Waals surface area contributed by atoms with Gasteiger partial charge in [0.15, 0.2) is 0 Å². The molecule has 0 saturated heterocycles. The third-order valence-corrected chi connectivity index (χ3v) is 3.20. The van der Waals surface area contributed by atoms with Crippen LogP contribution in [-0.2, 0) is 6.42 Å². The van der Waals surface area contributed by atoms with Crippen molar-refractivity contribution in [3.63, 3.8) is 0 Å². The molecule has 0 aliphatic carbocycles. The Hall–Kier alpha value is -1.19. The van der Waals surface area contributed by atoms with Crippen LogP contribution in [0.15, 0.2) is 35.2 Å². The van der Waals surface area contributed by atoms with Gasteiger partial charge in [0.1, 0.15) is 0 Å². The van der Waals surface area contributed by atoms with E-state index in [2.05, 4.69) is 34.8 Å². The fourth-order valence-corrected chi connectivity index (χ4v) is 2.27. The number of nitrogens with zero attached hydrogens (tertiary/aromatic N) is 1. The molecule has 78 valence electrons. The summed E-state index contributed by atoms with van der Waals surface area (Å²) in [7, 11) is 0. The molecule has 0 radical (unpaired) electrons. The second-order valence-electron chi connectivity index (χ2n) is 3.63. The number of aromatic nitrogens is 1. The van der Waals surface area contributed by atoms with E-state index in [1.54, 1.807) is 11.3 Å². The minimum absolute atomic E-state index is 0.0600. The summed E-state index contributed by atoms with van der Waals surface area (Å²) < 4.78 is 0. The number of rotatable bonds is 3. The van der Waals surface area contributed by atoms with E-state index in [9.17, 15) is 0 Å². The number of nitrogens with two attached hydrogens (primary N) is 1. The van der Waals surface area contributed by atoms with Gasteiger partial charge in [0.05, 0.1) is 0 Å². The van der Waals surface area contributed by atoms with Crippen LogP contribution < -0.4 is 5.73 Å². The van der Waals surface area contributed by atoms with Crippen molar-refractivity contribution in [3.8, 4) is 0 Å². The fraction of sp³-hybridized carbons (Fsp3) is 0.250. The molecule has 1 atom stereocenters. The standard InChI is InChI=1S/C12H14N2S/c1-9-3-2-5-14-12(9)7-11(13)10-4-6-15-8-10/h2-6,8,11H,7,13H2,1H3. The maximum absolute atomic E-state index is 6.11. The number of hydrogen-bond acceptors (Lipinski definition) is 3. The lowest BCUT2D eigenvalue weighted by atomic mass is 10.0. The predicted octanol–water partition coefficient (Wildman–Crippen LogP) is 2.69. The van der Waals surface area contributed by atoms with E-state index in [4.69, 9.17) is 5.73 Å². The van der Waals surface area contributed by atoms with Gasteiger partial charge >= 0.3 is 0 Å². The molecule has 0 aromatic carbocycles. The summed E-state index contributed by atoms with van der Waals surface area (Å²) in [5.74, 6) is 0. The van der Waals surface area contributed by atoms with Crippen molar-refractivity contribution in [2.24, 2.45) is 5.73 Å². The zero-order valence-corrected chi connectivity index (χ0v) is 9.50. The van der Waals surface area contributed by atoms with Gasteiger partial charge in [-0.2, -0.15) is 11.3 Å². The van der Waals surface area contributed by atoms with Crippen LogP contribution in [0, 0.1) is 6.92 Å².